The fourth-order valence-electron chi connectivity index (χ4n) is 3.22. The Hall–Kier alpha value is -3.15. The van der Waals surface area contributed by atoms with E-state index >= 15 is 0 Å². The zero-order valence-corrected chi connectivity index (χ0v) is 14.0. The van der Waals surface area contributed by atoms with Crippen molar-refractivity contribution in [3.05, 3.63) is 77.6 Å². The number of carbonyl (C=O) groups excluding carboxylic acids is 1. The van der Waals surface area contributed by atoms with Gasteiger partial charge in [0.25, 0.3) is 5.91 Å². The van der Waals surface area contributed by atoms with E-state index in [4.69, 9.17) is 0 Å². The van der Waals surface area contributed by atoms with Gasteiger partial charge >= 0.3 is 0 Å². The summed E-state index contributed by atoms with van der Waals surface area (Å²) >= 11 is 0. The van der Waals surface area contributed by atoms with Crippen LogP contribution >= 0.6 is 0 Å². The van der Waals surface area contributed by atoms with Gasteiger partial charge in [0.1, 0.15) is 5.82 Å². The third-order valence-corrected chi connectivity index (χ3v) is 4.54. The first-order chi connectivity index (χ1) is 12.7. The maximum absolute atomic E-state index is 13.8. The summed E-state index contributed by atoms with van der Waals surface area (Å²) in [4.78, 5) is 25.6. The van der Waals surface area contributed by atoms with E-state index in [2.05, 4.69) is 20.3 Å². The number of hydrogen-bond donors (Lipinski definition) is 1. The lowest BCUT2D eigenvalue weighted by Gasteiger charge is -2.25. The van der Waals surface area contributed by atoms with Crippen LogP contribution in [0, 0.1) is 5.82 Å². The predicted octanol–water partition coefficient (Wildman–Crippen LogP) is 3.49. The molecule has 1 atom stereocenters. The first-order valence-corrected chi connectivity index (χ1v) is 8.54. The Balaban J connectivity index is 1.60. The second kappa shape index (κ2) is 7.00. The van der Waals surface area contributed by atoms with E-state index in [1.807, 2.05) is 12.1 Å². The van der Waals surface area contributed by atoms with E-state index < -0.39 is 11.7 Å². The molecular formula is C20H17FN4O. The van der Waals surface area contributed by atoms with Crippen LogP contribution < -0.4 is 5.32 Å². The molecule has 1 amide bonds. The van der Waals surface area contributed by atoms with Crippen LogP contribution in [0.5, 0.6) is 0 Å². The van der Waals surface area contributed by atoms with Crippen LogP contribution in [0.15, 0.2) is 55.0 Å². The van der Waals surface area contributed by atoms with Crippen LogP contribution in [0.4, 0.5) is 4.39 Å². The zero-order chi connectivity index (χ0) is 17.9. The average molecular weight is 348 g/mol. The summed E-state index contributed by atoms with van der Waals surface area (Å²) in [5, 5.41) is 2.92. The van der Waals surface area contributed by atoms with Crippen molar-refractivity contribution >= 4 is 5.91 Å². The molecule has 0 saturated heterocycles. The van der Waals surface area contributed by atoms with Gasteiger partial charge in [-0.2, -0.15) is 0 Å². The molecule has 1 aromatic carbocycles. The Morgan fingerprint density at radius 1 is 1.15 bits per heavy atom. The van der Waals surface area contributed by atoms with Gasteiger partial charge in [0.05, 0.1) is 11.6 Å². The maximum atomic E-state index is 13.8. The molecule has 1 aliphatic rings. The van der Waals surface area contributed by atoms with Crippen molar-refractivity contribution in [3.8, 4) is 11.4 Å². The Morgan fingerprint density at radius 2 is 1.96 bits per heavy atom. The van der Waals surface area contributed by atoms with E-state index in [0.717, 1.165) is 36.1 Å². The number of amides is 1. The summed E-state index contributed by atoms with van der Waals surface area (Å²) in [6, 6.07) is 9.50. The van der Waals surface area contributed by atoms with Crippen molar-refractivity contribution in [1.29, 1.82) is 0 Å². The predicted molar refractivity (Wildman–Crippen MR) is 94.8 cm³/mol. The van der Waals surface area contributed by atoms with Crippen molar-refractivity contribution in [3.63, 3.8) is 0 Å². The van der Waals surface area contributed by atoms with Gasteiger partial charge in [0, 0.05) is 35.4 Å². The number of benzene rings is 1. The molecule has 130 valence electrons. The van der Waals surface area contributed by atoms with Crippen LogP contribution in [0.1, 0.15) is 40.5 Å². The summed E-state index contributed by atoms with van der Waals surface area (Å²) in [5.74, 6) is -0.295. The number of aryl methyl sites for hydroxylation is 1. The minimum atomic E-state index is -0.523. The number of nitrogens with zero attached hydrogens (tertiary/aromatic N) is 3. The Labute approximate surface area is 150 Å². The van der Waals surface area contributed by atoms with Crippen molar-refractivity contribution < 1.29 is 9.18 Å². The van der Waals surface area contributed by atoms with Crippen LogP contribution in [-0.2, 0) is 6.42 Å². The van der Waals surface area contributed by atoms with Gasteiger partial charge in [-0.25, -0.2) is 14.4 Å². The highest BCUT2D eigenvalue weighted by Gasteiger charge is 2.25. The van der Waals surface area contributed by atoms with Gasteiger partial charge in [0.2, 0.25) is 0 Å². The number of nitrogens with one attached hydrogen (secondary N) is 1. The molecule has 0 fully saturated rings. The fraction of sp³-hybridized carbons (Fsp3) is 0.200. The normalized spacial score (nSPS) is 16.0. The number of aromatic nitrogens is 3. The van der Waals surface area contributed by atoms with Crippen LogP contribution in [0.3, 0.4) is 0 Å². The third-order valence-electron chi connectivity index (χ3n) is 4.54. The van der Waals surface area contributed by atoms with Crippen molar-refractivity contribution in [2.24, 2.45) is 0 Å². The van der Waals surface area contributed by atoms with Gasteiger partial charge in [-0.15, -0.1) is 0 Å². The van der Waals surface area contributed by atoms with Gasteiger partial charge in [-0.05, 0) is 43.5 Å². The number of carbonyl (C=O) groups is 1. The summed E-state index contributed by atoms with van der Waals surface area (Å²) in [6.07, 6.45) is 7.70. The third kappa shape index (κ3) is 3.18. The standard InChI is InChI=1S/C20H17FN4O/c21-16-5-2-1-4-14(16)20(26)25-18-7-3-6-17-15(18)12-23-19(24-17)13-8-10-22-11-9-13/h1-2,4-5,8-12,18H,3,6-7H2,(H,25,26). The molecule has 0 radical (unpaired) electrons. The number of halogens is 1. The average Bonchev–Trinajstić information content (AvgIpc) is 2.69. The monoisotopic (exact) mass is 348 g/mol. The molecule has 26 heavy (non-hydrogen) atoms. The summed E-state index contributed by atoms with van der Waals surface area (Å²) in [6.45, 7) is 0. The number of fused-ring (bicyclic) bond motifs is 1. The maximum Gasteiger partial charge on any atom is 0.254 e. The van der Waals surface area contributed by atoms with Crippen molar-refractivity contribution in [1.82, 2.24) is 20.3 Å². The van der Waals surface area contributed by atoms with Crippen LogP contribution in [0.25, 0.3) is 11.4 Å². The quantitative estimate of drug-likeness (QED) is 0.787. The number of rotatable bonds is 3. The van der Waals surface area contributed by atoms with E-state index in [-0.39, 0.29) is 11.6 Å². The molecule has 1 N–H and O–H groups in total. The summed E-state index contributed by atoms with van der Waals surface area (Å²) in [7, 11) is 0. The molecule has 0 spiro atoms. The molecule has 6 heteroatoms. The fourth-order valence-corrected chi connectivity index (χ4v) is 3.22. The minimum Gasteiger partial charge on any atom is -0.345 e. The summed E-state index contributed by atoms with van der Waals surface area (Å²) < 4.78 is 13.8. The first-order valence-electron chi connectivity index (χ1n) is 8.54. The molecule has 2 aromatic heterocycles. The minimum absolute atomic E-state index is 0.0500. The molecule has 0 aliphatic heterocycles. The SMILES string of the molecule is O=C(NC1CCCc2nc(-c3ccncc3)ncc21)c1ccccc1F. The lowest BCUT2D eigenvalue weighted by molar-refractivity contribution is 0.0928. The molecule has 0 saturated carbocycles. The topological polar surface area (TPSA) is 67.8 Å². The van der Waals surface area contributed by atoms with E-state index in [0.29, 0.717) is 5.82 Å². The number of hydrogen-bond acceptors (Lipinski definition) is 4. The lowest BCUT2D eigenvalue weighted by atomic mass is 9.92. The molecule has 3 aromatic rings. The summed E-state index contributed by atoms with van der Waals surface area (Å²) in [5.41, 5.74) is 2.78. The molecule has 1 unspecified atom stereocenters. The molecule has 1 aliphatic carbocycles. The van der Waals surface area contributed by atoms with Crippen LogP contribution in [-0.4, -0.2) is 20.9 Å². The van der Waals surface area contributed by atoms with Gasteiger partial charge in [-0.1, -0.05) is 12.1 Å². The smallest absolute Gasteiger partial charge is 0.254 e. The highest BCUT2D eigenvalue weighted by atomic mass is 19.1. The zero-order valence-electron chi connectivity index (χ0n) is 14.0. The first kappa shape index (κ1) is 16.3. The largest absolute Gasteiger partial charge is 0.345 e. The molecule has 4 rings (SSSR count). The van der Waals surface area contributed by atoms with Gasteiger partial charge < -0.3 is 5.32 Å². The van der Waals surface area contributed by atoms with Crippen molar-refractivity contribution in [2.45, 2.75) is 25.3 Å². The molecule has 0 bridgehead atoms. The Bertz CT molecular complexity index is 946. The molecular weight excluding hydrogens is 331 g/mol. The second-order valence-corrected chi connectivity index (χ2v) is 6.23. The van der Waals surface area contributed by atoms with Gasteiger partial charge in [0.15, 0.2) is 5.82 Å². The van der Waals surface area contributed by atoms with Gasteiger partial charge in [-0.3, -0.25) is 9.78 Å². The van der Waals surface area contributed by atoms with E-state index in [1.54, 1.807) is 30.7 Å². The number of pyridine rings is 1. The highest BCUT2D eigenvalue weighted by molar-refractivity contribution is 5.94. The lowest BCUT2D eigenvalue weighted by Crippen LogP contribution is -2.32. The van der Waals surface area contributed by atoms with E-state index in [9.17, 15) is 9.18 Å². The Morgan fingerprint density at radius 3 is 2.77 bits per heavy atom. The highest BCUT2D eigenvalue weighted by Crippen LogP contribution is 2.29. The van der Waals surface area contributed by atoms with Crippen LogP contribution in [0.2, 0.25) is 0 Å². The Kier molecular flexibility index (Phi) is 4.39. The molecule has 2 heterocycles. The second-order valence-electron chi connectivity index (χ2n) is 6.23. The van der Waals surface area contributed by atoms with E-state index in [1.165, 1.54) is 12.1 Å². The molecule has 5 nitrogen and oxygen atoms in total. The van der Waals surface area contributed by atoms with Crippen molar-refractivity contribution in [2.75, 3.05) is 0 Å².